The van der Waals surface area contributed by atoms with Gasteiger partial charge >= 0.3 is 0 Å². The molecular formula is C34H36N3O6S6+. The van der Waals surface area contributed by atoms with E-state index in [1.165, 1.54) is 5.69 Å². The van der Waals surface area contributed by atoms with Crippen LogP contribution in [-0.2, 0) is 26.8 Å². The zero-order valence-electron chi connectivity index (χ0n) is 26.6. The summed E-state index contributed by atoms with van der Waals surface area (Å²) in [5.41, 5.74) is 3.32. The number of thiophene rings is 1. The van der Waals surface area contributed by atoms with Crippen LogP contribution in [0.25, 0.3) is 22.2 Å². The second kappa shape index (κ2) is 15.6. The Morgan fingerprint density at radius 3 is 2.49 bits per heavy atom. The maximum Gasteiger partial charge on any atom is 0.265 e. The monoisotopic (exact) mass is 774 g/mol. The van der Waals surface area contributed by atoms with Crippen molar-refractivity contribution >= 4 is 94.4 Å². The van der Waals surface area contributed by atoms with Crippen LogP contribution in [0.4, 0.5) is 5.69 Å². The molecule has 0 spiro atoms. The van der Waals surface area contributed by atoms with Gasteiger partial charge in [-0.05, 0) is 71.7 Å². The third kappa shape index (κ3) is 8.95. The molecule has 2 aliphatic heterocycles. The van der Waals surface area contributed by atoms with Crippen LogP contribution < -0.4 is 9.47 Å². The number of aromatic nitrogens is 2. The first-order valence-electron chi connectivity index (χ1n) is 15.7. The molecule has 15 heteroatoms. The first-order chi connectivity index (χ1) is 23.5. The van der Waals surface area contributed by atoms with E-state index in [-0.39, 0.29) is 23.8 Å². The van der Waals surface area contributed by atoms with Gasteiger partial charge in [-0.15, -0.1) is 23.1 Å². The molecule has 0 amide bonds. The average molecular weight is 775 g/mol. The number of allylic oxidation sites excluding steroid dienone is 3. The number of hydrogen-bond acceptors (Lipinski definition) is 10. The van der Waals surface area contributed by atoms with E-state index in [2.05, 4.69) is 80.7 Å². The van der Waals surface area contributed by atoms with E-state index in [0.29, 0.717) is 24.8 Å². The van der Waals surface area contributed by atoms with Gasteiger partial charge in [-0.1, -0.05) is 48.2 Å². The van der Waals surface area contributed by atoms with Crippen LogP contribution in [0.1, 0.15) is 47.7 Å². The van der Waals surface area contributed by atoms with Crippen molar-refractivity contribution in [3.8, 4) is 0 Å². The van der Waals surface area contributed by atoms with Crippen molar-refractivity contribution in [3.63, 3.8) is 0 Å². The molecule has 5 heterocycles. The topological polar surface area (TPSA) is 129 Å². The lowest BCUT2D eigenvalue weighted by molar-refractivity contribution is -0.701. The van der Waals surface area contributed by atoms with E-state index in [0.717, 1.165) is 47.6 Å². The zero-order valence-corrected chi connectivity index (χ0v) is 31.5. The minimum absolute atomic E-state index is 0.212. The quantitative estimate of drug-likeness (QED) is 0.115. The standard InChI is InChI=1S/C29H30N2O6S6.C5H5N/c1-2-19(17-26-30(11-3-15-42(32,33)34)28-20-9-13-38-22(20)5-7-24(28)40-26)18-27-31(12-4-16-43(35,36)37)29-21-10-14-39-23(21)6-8-25(29)41-27;1-2-4-6-5-3-1/h5-10,13-14,17-18,20,22H,2-4,11-12,15-16H2,1H3,(H-,32,33,34,35,36,37);1-5H/p+1. The van der Waals surface area contributed by atoms with Gasteiger partial charge in [0.25, 0.3) is 25.2 Å². The molecule has 0 saturated carbocycles. The molecule has 2 atom stereocenters. The molecule has 4 aromatic rings. The van der Waals surface area contributed by atoms with Gasteiger partial charge in [-0.25, -0.2) is 0 Å². The lowest BCUT2D eigenvalue weighted by Crippen LogP contribution is -2.42. The predicted molar refractivity (Wildman–Crippen MR) is 204 cm³/mol. The fraction of sp³-hybridized carbons (Fsp3) is 0.294. The Balaban J connectivity index is 0.000000628. The summed E-state index contributed by atoms with van der Waals surface area (Å²) in [5.74, 6) is -0.388. The van der Waals surface area contributed by atoms with Crippen LogP contribution in [0, 0.1) is 0 Å². The molecule has 3 aliphatic rings. The highest BCUT2D eigenvalue weighted by molar-refractivity contribution is 8.03. The molecule has 0 bridgehead atoms. The van der Waals surface area contributed by atoms with Gasteiger partial charge < -0.3 is 4.90 Å². The largest absolute Gasteiger partial charge is 0.334 e. The van der Waals surface area contributed by atoms with Crippen LogP contribution in [0.5, 0.6) is 0 Å². The van der Waals surface area contributed by atoms with Crippen molar-refractivity contribution in [2.75, 3.05) is 23.0 Å². The third-order valence-electron chi connectivity index (χ3n) is 8.13. The Labute approximate surface area is 303 Å². The Bertz CT molecular complexity index is 2130. The van der Waals surface area contributed by atoms with Gasteiger partial charge in [-0.3, -0.25) is 14.1 Å². The number of pyridine rings is 1. The Hall–Kier alpha value is -2.76. The first kappa shape index (κ1) is 36.0. The van der Waals surface area contributed by atoms with E-state index in [1.807, 2.05) is 18.2 Å². The molecule has 258 valence electrons. The maximum absolute atomic E-state index is 11.5. The number of rotatable bonds is 11. The second-order valence-electron chi connectivity index (χ2n) is 11.5. The van der Waals surface area contributed by atoms with E-state index >= 15 is 0 Å². The maximum atomic E-state index is 11.5. The number of fused-ring (bicyclic) bond motifs is 6. The molecule has 2 unspecified atom stereocenters. The molecule has 0 radical (unpaired) electrons. The van der Waals surface area contributed by atoms with Gasteiger partial charge in [0, 0.05) is 51.7 Å². The molecule has 7 rings (SSSR count). The van der Waals surface area contributed by atoms with Gasteiger partial charge in [-0.2, -0.15) is 21.4 Å². The summed E-state index contributed by atoms with van der Waals surface area (Å²) < 4.78 is 68.1. The SMILES string of the molecule is CCC(=C\c1sc2c([n+]1CCCS(=O)(=O)O)C1C=CSC1C=C2)/C=C1/Sc2ccc3sccc3c2N1CCCS(=O)(=O)O.c1ccncc1. The van der Waals surface area contributed by atoms with Crippen LogP contribution in [-0.4, -0.2) is 54.2 Å². The summed E-state index contributed by atoms with van der Waals surface area (Å²) in [5, 5.41) is 7.63. The highest BCUT2D eigenvalue weighted by atomic mass is 32.2. The molecule has 0 fully saturated rings. The van der Waals surface area contributed by atoms with Gasteiger partial charge in [0.15, 0.2) is 6.54 Å². The van der Waals surface area contributed by atoms with Crippen molar-refractivity contribution in [2.45, 2.75) is 48.8 Å². The smallest absolute Gasteiger partial charge is 0.265 e. The van der Waals surface area contributed by atoms with Gasteiger partial charge in [0.2, 0.25) is 5.69 Å². The van der Waals surface area contributed by atoms with Crippen molar-refractivity contribution in [3.05, 3.63) is 104 Å². The molecule has 3 aromatic heterocycles. The molecular weight excluding hydrogens is 739 g/mol. The summed E-state index contributed by atoms with van der Waals surface area (Å²) >= 11 is 6.78. The number of benzene rings is 1. The number of anilines is 1. The fourth-order valence-electron chi connectivity index (χ4n) is 5.94. The molecule has 9 nitrogen and oxygen atoms in total. The average Bonchev–Trinajstić information content (AvgIpc) is 3.86. The second-order valence-corrected chi connectivity index (χ2v) is 18.8. The molecule has 0 saturated heterocycles. The normalized spacial score (nSPS) is 19.2. The van der Waals surface area contributed by atoms with Crippen LogP contribution in [0.3, 0.4) is 0 Å². The van der Waals surface area contributed by atoms with Gasteiger partial charge in [0.05, 0.1) is 28.1 Å². The molecule has 2 N–H and O–H groups in total. The highest BCUT2D eigenvalue weighted by Crippen LogP contribution is 2.51. The number of thiazole rings is 1. The Morgan fingerprint density at radius 2 is 1.80 bits per heavy atom. The van der Waals surface area contributed by atoms with E-state index in [4.69, 9.17) is 0 Å². The summed E-state index contributed by atoms with van der Waals surface area (Å²) in [6.45, 7) is 3.01. The third-order valence-corrected chi connectivity index (χ3v) is 13.9. The molecule has 1 aromatic carbocycles. The van der Waals surface area contributed by atoms with E-state index in [9.17, 15) is 25.9 Å². The minimum atomic E-state index is -4.07. The predicted octanol–water partition coefficient (Wildman–Crippen LogP) is 7.87. The summed E-state index contributed by atoms with van der Waals surface area (Å²) in [7, 11) is -8.13. The van der Waals surface area contributed by atoms with Crippen molar-refractivity contribution in [1.29, 1.82) is 0 Å². The lowest BCUT2D eigenvalue weighted by Gasteiger charge is -2.21. The fourth-order valence-corrected chi connectivity index (χ4v) is 11.1. The molecule has 1 aliphatic carbocycles. The molecule has 49 heavy (non-hydrogen) atoms. The van der Waals surface area contributed by atoms with E-state index in [1.54, 1.807) is 58.6 Å². The zero-order chi connectivity index (χ0) is 34.6. The Morgan fingerprint density at radius 1 is 1.02 bits per heavy atom. The summed E-state index contributed by atoms with van der Waals surface area (Å²) in [6.07, 6.45) is 15.8. The lowest BCUT2D eigenvalue weighted by atomic mass is 9.95. The number of hydrogen-bond donors (Lipinski definition) is 2. The van der Waals surface area contributed by atoms with Crippen LogP contribution in [0.2, 0.25) is 0 Å². The van der Waals surface area contributed by atoms with Crippen molar-refractivity contribution < 1.29 is 30.5 Å². The Kier molecular flexibility index (Phi) is 11.5. The first-order valence-corrected chi connectivity index (χ1v) is 22.4. The van der Waals surface area contributed by atoms with Crippen LogP contribution >= 0.6 is 46.2 Å². The highest BCUT2D eigenvalue weighted by Gasteiger charge is 2.38. The van der Waals surface area contributed by atoms with Crippen LogP contribution in [0.15, 0.2) is 93.3 Å². The van der Waals surface area contributed by atoms with Gasteiger partial charge in [0.1, 0.15) is 4.88 Å². The summed E-state index contributed by atoms with van der Waals surface area (Å²) in [6, 6.07) is 12.0. The number of nitrogens with zero attached hydrogens (tertiary/aromatic N) is 3. The van der Waals surface area contributed by atoms with Crippen molar-refractivity contribution in [2.24, 2.45) is 0 Å². The summed E-state index contributed by atoms with van der Waals surface area (Å²) in [4.78, 5) is 8.21. The minimum Gasteiger partial charge on any atom is -0.334 e. The van der Waals surface area contributed by atoms with Crippen molar-refractivity contribution in [1.82, 2.24) is 4.98 Å². The number of thioether (sulfide) groups is 2. The van der Waals surface area contributed by atoms with E-state index < -0.39 is 20.2 Å².